The largest absolute Gasteiger partial charge is 0.479 e. The molecule has 7 amide bonds. The van der Waals surface area contributed by atoms with Crippen molar-refractivity contribution in [3.63, 3.8) is 0 Å². The molecule has 103 heavy (non-hydrogen) atoms. The molecule has 10 aliphatic rings. The number of hydrogen-bond donors (Lipinski definition) is 8. The summed E-state index contributed by atoms with van der Waals surface area (Å²) in [6.45, 7) is 18.7. The Kier molecular flexibility index (Phi) is 23.8. The number of oxime groups is 2. The molecule has 8 N–H and O–H groups in total. The minimum atomic E-state index is -4.16. The first-order valence-electron chi connectivity index (χ1n) is 36.0. The molecule has 0 unspecified atom stereocenters. The van der Waals surface area contributed by atoms with Crippen molar-refractivity contribution in [1.29, 1.82) is 0 Å². The topological polar surface area (TPSA) is 359 Å². The summed E-state index contributed by atoms with van der Waals surface area (Å²) < 4.78 is 53.0. The maximum absolute atomic E-state index is 14.6. The van der Waals surface area contributed by atoms with Gasteiger partial charge in [0, 0.05) is 83.6 Å². The van der Waals surface area contributed by atoms with Crippen LogP contribution in [-0.2, 0) is 68.3 Å². The zero-order valence-corrected chi connectivity index (χ0v) is 63.1. The summed E-state index contributed by atoms with van der Waals surface area (Å²) in [5.74, 6) is -4.89. The zero-order valence-electron chi connectivity index (χ0n) is 60.0. The first-order valence-corrected chi connectivity index (χ1v) is 40.2. The Morgan fingerprint density at radius 1 is 0.602 bits per heavy atom. The average Bonchev–Trinajstić information content (AvgIpc) is 1.58. The number of sulfonamides is 1. The molecule has 8 fully saturated rings. The van der Waals surface area contributed by atoms with Crippen LogP contribution in [0, 0.1) is 34.5 Å². The Labute approximate surface area is 614 Å². The molecular formula is C73H101Cl2N11O15S2. The van der Waals surface area contributed by atoms with Crippen LogP contribution in [0.5, 0.6) is 0 Å². The number of carboxylic acid groups (broad SMARTS) is 1. The molecule has 6 aliphatic carbocycles. The van der Waals surface area contributed by atoms with Crippen LogP contribution in [0.15, 0.2) is 84.2 Å². The van der Waals surface area contributed by atoms with Gasteiger partial charge in [-0.25, -0.2) is 22.7 Å². The number of likely N-dealkylation sites (tertiary alicyclic amines) is 2. The molecule has 30 heteroatoms. The van der Waals surface area contributed by atoms with Crippen molar-refractivity contribution < 1.29 is 70.0 Å². The molecule has 6 saturated carbocycles. The Balaban J connectivity index is 0.000000201. The highest BCUT2D eigenvalue weighted by atomic mass is 35.5. The van der Waals surface area contributed by atoms with Gasteiger partial charge >= 0.3 is 16.2 Å². The number of hydrogen-bond acceptors (Lipinski definition) is 16. The van der Waals surface area contributed by atoms with Gasteiger partial charge in [0.05, 0.1) is 30.8 Å². The lowest BCUT2D eigenvalue weighted by molar-refractivity contribution is -0.147. The van der Waals surface area contributed by atoms with Gasteiger partial charge in [-0.05, 0) is 111 Å². The molecule has 0 radical (unpaired) electrons. The molecule has 0 aromatic heterocycles. The number of amides is 7. The van der Waals surface area contributed by atoms with Crippen molar-refractivity contribution in [2.45, 2.75) is 241 Å². The van der Waals surface area contributed by atoms with Crippen LogP contribution in [0.2, 0.25) is 10.0 Å². The van der Waals surface area contributed by atoms with E-state index in [0.29, 0.717) is 59.5 Å². The van der Waals surface area contributed by atoms with E-state index in [1.807, 2.05) is 59.7 Å². The van der Waals surface area contributed by atoms with Crippen LogP contribution < -0.4 is 35.4 Å². The lowest BCUT2D eigenvalue weighted by atomic mass is 9.84. The van der Waals surface area contributed by atoms with Gasteiger partial charge in [0.2, 0.25) is 45.5 Å². The highest BCUT2D eigenvalue weighted by molar-refractivity contribution is 7.88. The van der Waals surface area contributed by atoms with Gasteiger partial charge in [-0.1, -0.05) is 150 Å². The summed E-state index contributed by atoms with van der Waals surface area (Å²) in [4.78, 5) is 124. The third-order valence-corrected chi connectivity index (χ3v) is 23.7. The fraction of sp³-hybridized carbons (Fsp3) is 0.644. The first-order chi connectivity index (χ1) is 48.4. The Morgan fingerprint density at radius 3 is 1.35 bits per heavy atom. The maximum atomic E-state index is 14.6. The van der Waals surface area contributed by atoms with E-state index in [1.54, 1.807) is 30.3 Å². The van der Waals surface area contributed by atoms with Crippen LogP contribution in [-0.4, -0.2) is 168 Å². The second kappa shape index (κ2) is 31.2. The van der Waals surface area contributed by atoms with Gasteiger partial charge < -0.3 is 45.8 Å². The quantitative estimate of drug-likeness (QED) is 0.0496. The number of carboxylic acids is 1. The summed E-state index contributed by atoms with van der Waals surface area (Å²) in [6.07, 6.45) is 20.1. The number of nitrogens with zero attached hydrogens (tertiary/aromatic N) is 4. The lowest BCUT2D eigenvalue weighted by Crippen LogP contribution is -2.60. The molecule has 2 aromatic carbocycles. The van der Waals surface area contributed by atoms with E-state index in [4.69, 9.17) is 32.9 Å². The van der Waals surface area contributed by atoms with Crippen LogP contribution >= 0.6 is 23.2 Å². The van der Waals surface area contributed by atoms with Gasteiger partial charge in [-0.15, -0.1) is 13.2 Å². The normalized spacial score (nSPS) is 28.1. The van der Waals surface area contributed by atoms with Crippen molar-refractivity contribution in [2.24, 2.45) is 44.8 Å². The molecule has 4 aliphatic heterocycles. The van der Waals surface area contributed by atoms with Crippen molar-refractivity contribution in [3.8, 4) is 0 Å². The molecule has 2 saturated heterocycles. The smallest absolute Gasteiger partial charge is 0.330 e. The highest BCUT2D eigenvalue weighted by Gasteiger charge is 2.65. The van der Waals surface area contributed by atoms with E-state index in [9.17, 15) is 60.3 Å². The predicted octanol–water partition coefficient (Wildman–Crippen LogP) is 7.63. The summed E-state index contributed by atoms with van der Waals surface area (Å²) in [5.41, 5.74) is -3.71. The number of rotatable bonds is 23. The molecule has 26 nitrogen and oxygen atoms in total. The van der Waals surface area contributed by atoms with Crippen molar-refractivity contribution in [3.05, 3.63) is 95.0 Å². The third-order valence-electron chi connectivity index (χ3n) is 21.4. The minimum Gasteiger partial charge on any atom is -0.479 e. The fourth-order valence-electron chi connectivity index (χ4n) is 15.1. The van der Waals surface area contributed by atoms with Crippen LogP contribution in [0.4, 0.5) is 0 Å². The summed E-state index contributed by atoms with van der Waals surface area (Å²) in [7, 11) is -7.07. The minimum absolute atomic E-state index is 0.00761. The van der Waals surface area contributed by atoms with Crippen molar-refractivity contribution in [2.75, 3.05) is 19.3 Å². The standard InChI is InChI=1S/C36H49ClN6O7S.C33H43ClN4O6.C4H9NO2S/c1-5-24-18-36(24,33(47)42-51(48,49)41-26-14-15-26)39-31(45)28-20-35(19-27(40-50-35)23-12-9-13-25(37)17-23)21-43(28)32(46)30(34(2,3)4)38-29(44)16-22-10-7-6-8-11-22;1-5-22-16-33(22,30(42)43)36-28(40)25-18-32(17-24(37-44-32)21-12-9-13-23(34)15-21)19-38(25)29(41)27(31(2,3)4)35-26(39)14-20-10-7-6-8-11-20;1-8(6,7)5-4-2-3-4/h5,9,12-13,17,22,24,26,28,30,41H,1,6-8,10-11,14-16,18-21H2,2-4H3,(H,38,44)(H,39,45)(H,42,47);5,9,12-13,15,20,22,25,27H,1,6-8,10-11,14,16-19H2,2-4H3,(H,35,39)(H,36,40)(H,42,43);4-5H,2-3H2,1H3/t24-,28+,30-,35-,36-;22-,25+,27-,32-,33-;/m11./s1. The van der Waals surface area contributed by atoms with Gasteiger partial charge in [-0.3, -0.25) is 33.6 Å². The maximum Gasteiger partial charge on any atom is 0.330 e. The Bertz CT molecular complexity index is 3920. The van der Waals surface area contributed by atoms with Crippen LogP contribution in [0.1, 0.15) is 194 Å². The van der Waals surface area contributed by atoms with Crippen LogP contribution in [0.3, 0.4) is 0 Å². The number of benzene rings is 2. The number of halogens is 2. The summed E-state index contributed by atoms with van der Waals surface area (Å²) in [6, 6.07) is 10.4. The summed E-state index contributed by atoms with van der Waals surface area (Å²) >= 11 is 12.5. The van der Waals surface area contributed by atoms with E-state index in [-0.39, 0.29) is 75.0 Å². The second-order valence-corrected chi connectivity index (χ2v) is 36.4. The van der Waals surface area contributed by atoms with E-state index in [2.05, 4.69) is 58.9 Å². The number of carbonyl (C=O) groups excluding carboxylic acids is 7. The third kappa shape index (κ3) is 19.8. The van der Waals surface area contributed by atoms with E-state index in [0.717, 1.165) is 81.8 Å². The van der Waals surface area contributed by atoms with Gasteiger partial charge in [-0.2, -0.15) is 13.1 Å². The Hall–Kier alpha value is -6.98. The monoisotopic (exact) mass is 1510 g/mol. The van der Waals surface area contributed by atoms with E-state index in [1.165, 1.54) is 34.6 Å². The number of nitrogens with one attached hydrogen (secondary N) is 7. The predicted molar refractivity (Wildman–Crippen MR) is 388 cm³/mol. The summed E-state index contributed by atoms with van der Waals surface area (Å²) in [5, 5.41) is 31.2. The first kappa shape index (κ1) is 78.6. The lowest BCUT2D eigenvalue weighted by Gasteiger charge is -2.36. The molecule has 4 heterocycles. The van der Waals surface area contributed by atoms with Crippen molar-refractivity contribution in [1.82, 2.24) is 45.2 Å². The van der Waals surface area contributed by atoms with Crippen LogP contribution in [0.25, 0.3) is 0 Å². The van der Waals surface area contributed by atoms with E-state index < -0.39 is 125 Å². The second-order valence-electron chi connectivity index (χ2n) is 32.3. The molecule has 10 atom stereocenters. The zero-order chi connectivity index (χ0) is 74.8. The van der Waals surface area contributed by atoms with Gasteiger partial charge in [0.25, 0.3) is 5.91 Å². The molecule has 12 rings (SSSR count). The molecule has 0 bridgehead atoms. The molecule has 564 valence electrons. The SMILES string of the molecule is C=C[C@@H]1C[C@]1(NC(=O)[C@@H]1C[C@]2(CC(c3cccc(Cl)c3)=NO2)CN1C(=O)[C@@H](NC(=O)CC1CCCCC1)C(C)(C)C)C(=O)NS(=O)(=O)NC1CC1.C=C[C@@H]1C[C@]1(NC(=O)[C@@H]1C[C@]2(CC(c3cccc(Cl)c3)=NO2)CN1C(=O)[C@@H](NC(=O)CC1CCCCC1)C(C)(C)C)C(=O)O.CS(=O)(=O)NC1CC1. The Morgan fingerprint density at radius 2 is 1.00 bits per heavy atom. The van der Waals surface area contributed by atoms with Crippen molar-refractivity contribution >= 4 is 102 Å². The number of aliphatic carboxylic acids is 1. The number of carbonyl (C=O) groups is 8. The van der Waals surface area contributed by atoms with Gasteiger partial charge in [0.15, 0.2) is 11.2 Å². The molecule has 2 spiro atoms. The fourth-order valence-corrected chi connectivity index (χ4v) is 17.5. The highest BCUT2D eigenvalue weighted by Crippen LogP contribution is 2.48. The molecule has 2 aromatic rings. The van der Waals surface area contributed by atoms with Gasteiger partial charge in [0.1, 0.15) is 35.2 Å². The average molecular weight is 1510 g/mol. The molecular weight excluding hydrogens is 1410 g/mol. The van der Waals surface area contributed by atoms with E-state index >= 15 is 0 Å².